The topological polar surface area (TPSA) is 30.7 Å². The van der Waals surface area contributed by atoms with E-state index in [1.807, 2.05) is 24.4 Å². The molecule has 2 aromatic heterocycles. The highest BCUT2D eigenvalue weighted by atomic mass is 16.5. The highest BCUT2D eigenvalue weighted by Crippen LogP contribution is 2.30. The average Bonchev–Trinajstić information content (AvgIpc) is 2.72. The molecule has 0 radical (unpaired) electrons. The maximum atomic E-state index is 11.9. The van der Waals surface area contributed by atoms with Gasteiger partial charge in [0, 0.05) is 11.9 Å². The summed E-state index contributed by atoms with van der Waals surface area (Å²) >= 11 is 0. The maximum absolute atomic E-state index is 11.9. The Labute approximate surface area is 100 Å². The Bertz CT molecular complexity index is 583. The van der Waals surface area contributed by atoms with Crippen LogP contribution in [-0.4, -0.2) is 17.5 Å². The fourth-order valence-electron chi connectivity index (χ4n) is 2.79. The second-order valence-corrected chi connectivity index (χ2v) is 4.45. The minimum atomic E-state index is -0.211. The molecule has 0 aliphatic heterocycles. The van der Waals surface area contributed by atoms with Crippen molar-refractivity contribution < 1.29 is 9.53 Å². The van der Waals surface area contributed by atoms with Gasteiger partial charge >= 0.3 is 5.97 Å². The van der Waals surface area contributed by atoms with Crippen molar-refractivity contribution in [3.8, 4) is 0 Å². The minimum absolute atomic E-state index is 0.211. The van der Waals surface area contributed by atoms with Crippen molar-refractivity contribution in [2.24, 2.45) is 0 Å². The molecule has 0 bridgehead atoms. The third-order valence-electron chi connectivity index (χ3n) is 3.54. The number of carbonyl (C=O) groups excluding carboxylic acids is 1. The maximum Gasteiger partial charge on any atom is 0.340 e. The van der Waals surface area contributed by atoms with Gasteiger partial charge in [-0.25, -0.2) is 4.79 Å². The molecule has 17 heavy (non-hydrogen) atoms. The number of aryl methyl sites for hydroxylation is 1. The first-order valence-corrected chi connectivity index (χ1v) is 6.02. The van der Waals surface area contributed by atoms with E-state index in [1.54, 1.807) is 0 Å². The molecule has 2 heterocycles. The van der Waals surface area contributed by atoms with E-state index in [0.717, 1.165) is 30.3 Å². The highest BCUT2D eigenvalue weighted by molar-refractivity contribution is 5.99. The van der Waals surface area contributed by atoms with Gasteiger partial charge in [-0.05, 0) is 43.4 Å². The Hall–Kier alpha value is -1.77. The Kier molecular flexibility index (Phi) is 2.39. The third-order valence-corrected chi connectivity index (χ3v) is 3.54. The quantitative estimate of drug-likeness (QED) is 0.704. The second-order valence-electron chi connectivity index (χ2n) is 4.45. The SMILES string of the molecule is COC(=O)c1c2c(n3ccccc13)CCCC2. The molecule has 88 valence electrons. The molecular formula is C14H15NO2. The van der Waals surface area contributed by atoms with E-state index in [-0.39, 0.29) is 5.97 Å². The first kappa shape index (κ1) is 10.4. The number of rotatable bonds is 1. The van der Waals surface area contributed by atoms with E-state index < -0.39 is 0 Å². The van der Waals surface area contributed by atoms with E-state index >= 15 is 0 Å². The lowest BCUT2D eigenvalue weighted by atomic mass is 9.95. The Balaban J connectivity index is 2.35. The highest BCUT2D eigenvalue weighted by Gasteiger charge is 2.24. The summed E-state index contributed by atoms with van der Waals surface area (Å²) in [7, 11) is 1.45. The molecule has 1 aliphatic rings. The molecule has 0 saturated heterocycles. The fraction of sp³-hybridized carbons (Fsp3) is 0.357. The molecular weight excluding hydrogens is 214 g/mol. The molecule has 1 aliphatic carbocycles. The molecule has 3 heteroatoms. The van der Waals surface area contributed by atoms with Gasteiger partial charge < -0.3 is 9.14 Å². The lowest BCUT2D eigenvalue weighted by molar-refractivity contribution is 0.0601. The lowest BCUT2D eigenvalue weighted by Crippen LogP contribution is -2.08. The van der Waals surface area contributed by atoms with Gasteiger partial charge in [0.05, 0.1) is 18.2 Å². The van der Waals surface area contributed by atoms with Crippen LogP contribution in [0.1, 0.15) is 34.5 Å². The molecule has 0 amide bonds. The normalized spacial score (nSPS) is 14.6. The zero-order chi connectivity index (χ0) is 11.8. The molecule has 2 aromatic rings. The summed E-state index contributed by atoms with van der Waals surface area (Å²) < 4.78 is 7.06. The number of hydrogen-bond donors (Lipinski definition) is 0. The van der Waals surface area contributed by atoms with Crippen LogP contribution in [0.15, 0.2) is 24.4 Å². The van der Waals surface area contributed by atoms with E-state index in [1.165, 1.54) is 24.8 Å². The van der Waals surface area contributed by atoms with Crippen molar-refractivity contribution in [3.63, 3.8) is 0 Å². The average molecular weight is 229 g/mol. The summed E-state index contributed by atoms with van der Waals surface area (Å²) in [5.41, 5.74) is 4.22. The van der Waals surface area contributed by atoms with Gasteiger partial charge in [0.15, 0.2) is 0 Å². The van der Waals surface area contributed by atoms with Crippen LogP contribution < -0.4 is 0 Å². The minimum Gasteiger partial charge on any atom is -0.465 e. The number of carbonyl (C=O) groups is 1. The van der Waals surface area contributed by atoms with Gasteiger partial charge in [-0.15, -0.1) is 0 Å². The molecule has 0 spiro atoms. The summed E-state index contributed by atoms with van der Waals surface area (Å²) in [4.78, 5) is 11.9. The first-order valence-electron chi connectivity index (χ1n) is 6.02. The number of hydrogen-bond acceptors (Lipinski definition) is 2. The van der Waals surface area contributed by atoms with Gasteiger partial charge in [0.25, 0.3) is 0 Å². The standard InChI is InChI=1S/C14H15NO2/c1-17-14(16)13-10-6-2-3-7-11(10)15-9-5-4-8-12(13)15/h4-5,8-9H,2-3,6-7H2,1H3. The van der Waals surface area contributed by atoms with Gasteiger partial charge in [0.1, 0.15) is 0 Å². The molecule has 0 unspecified atom stereocenters. The number of fused-ring (bicyclic) bond motifs is 3. The van der Waals surface area contributed by atoms with Crippen LogP contribution in [0.3, 0.4) is 0 Å². The van der Waals surface area contributed by atoms with Crippen LogP contribution >= 0.6 is 0 Å². The number of pyridine rings is 1. The van der Waals surface area contributed by atoms with E-state index in [4.69, 9.17) is 4.74 Å². The van der Waals surface area contributed by atoms with E-state index in [0.29, 0.717) is 0 Å². The number of esters is 1. The fourth-order valence-corrected chi connectivity index (χ4v) is 2.79. The predicted octanol–water partition coefficient (Wildman–Crippen LogP) is 2.60. The molecule has 3 nitrogen and oxygen atoms in total. The number of methoxy groups -OCH3 is 1. The monoisotopic (exact) mass is 229 g/mol. The predicted molar refractivity (Wildman–Crippen MR) is 65.4 cm³/mol. The van der Waals surface area contributed by atoms with Gasteiger partial charge in [-0.1, -0.05) is 6.07 Å². The molecule has 0 atom stereocenters. The van der Waals surface area contributed by atoms with Crippen LogP contribution in [0.2, 0.25) is 0 Å². The van der Waals surface area contributed by atoms with Crippen LogP contribution in [0.25, 0.3) is 5.52 Å². The summed E-state index contributed by atoms with van der Waals surface area (Å²) in [6.07, 6.45) is 6.44. The Morgan fingerprint density at radius 3 is 2.94 bits per heavy atom. The summed E-state index contributed by atoms with van der Waals surface area (Å²) in [6, 6.07) is 5.96. The van der Waals surface area contributed by atoms with Crippen molar-refractivity contribution in [1.29, 1.82) is 0 Å². The van der Waals surface area contributed by atoms with E-state index in [2.05, 4.69) is 4.40 Å². The van der Waals surface area contributed by atoms with E-state index in [9.17, 15) is 4.79 Å². The number of ether oxygens (including phenoxy) is 1. The van der Waals surface area contributed by atoms with Crippen molar-refractivity contribution in [3.05, 3.63) is 41.2 Å². The van der Waals surface area contributed by atoms with Crippen molar-refractivity contribution >= 4 is 11.5 Å². The third kappa shape index (κ3) is 1.46. The summed E-state index contributed by atoms with van der Waals surface area (Å²) in [6.45, 7) is 0. The smallest absolute Gasteiger partial charge is 0.340 e. The largest absolute Gasteiger partial charge is 0.465 e. The molecule has 3 rings (SSSR count). The Morgan fingerprint density at radius 2 is 2.12 bits per heavy atom. The van der Waals surface area contributed by atoms with Crippen molar-refractivity contribution in [2.45, 2.75) is 25.7 Å². The van der Waals surface area contributed by atoms with Gasteiger partial charge in [-0.2, -0.15) is 0 Å². The lowest BCUT2D eigenvalue weighted by Gasteiger charge is -2.12. The summed E-state index contributed by atoms with van der Waals surface area (Å²) in [5, 5.41) is 0. The van der Waals surface area contributed by atoms with Crippen LogP contribution in [0, 0.1) is 0 Å². The first-order chi connectivity index (χ1) is 8.33. The molecule has 0 fully saturated rings. The second kappa shape index (κ2) is 3.91. The van der Waals surface area contributed by atoms with Crippen LogP contribution in [-0.2, 0) is 17.6 Å². The number of aromatic nitrogens is 1. The Morgan fingerprint density at radius 1 is 1.29 bits per heavy atom. The summed E-state index contributed by atoms with van der Waals surface area (Å²) in [5.74, 6) is -0.211. The van der Waals surface area contributed by atoms with Gasteiger partial charge in [-0.3, -0.25) is 0 Å². The van der Waals surface area contributed by atoms with Crippen molar-refractivity contribution in [2.75, 3.05) is 7.11 Å². The number of nitrogens with zero attached hydrogens (tertiary/aromatic N) is 1. The van der Waals surface area contributed by atoms with Crippen LogP contribution in [0.5, 0.6) is 0 Å². The van der Waals surface area contributed by atoms with Crippen LogP contribution in [0.4, 0.5) is 0 Å². The molecule has 0 saturated carbocycles. The molecule has 0 aromatic carbocycles. The zero-order valence-electron chi connectivity index (χ0n) is 9.90. The van der Waals surface area contributed by atoms with Crippen molar-refractivity contribution in [1.82, 2.24) is 4.40 Å². The molecule has 0 N–H and O–H groups in total. The zero-order valence-corrected chi connectivity index (χ0v) is 9.90. The van der Waals surface area contributed by atoms with Gasteiger partial charge in [0.2, 0.25) is 0 Å².